The lowest BCUT2D eigenvalue weighted by Gasteiger charge is -2.30. The van der Waals surface area contributed by atoms with Crippen molar-refractivity contribution in [1.82, 2.24) is 0 Å². The molecule has 0 saturated carbocycles. The highest BCUT2D eigenvalue weighted by atomic mass is 16.5. The molecule has 15 heavy (non-hydrogen) atoms. The Morgan fingerprint density at radius 2 is 2.20 bits per heavy atom. The smallest absolute Gasteiger partial charge is 0.307 e. The molecule has 0 aliphatic heterocycles. The van der Waals surface area contributed by atoms with E-state index in [0.29, 0.717) is 11.0 Å². The second kappa shape index (κ2) is 4.66. The fraction of sp³-hybridized carbons (Fsp3) is 0.727. The maximum Gasteiger partial charge on any atom is 0.307 e. The molecule has 0 spiro atoms. The maximum absolute atomic E-state index is 10.7. The van der Waals surface area contributed by atoms with Crippen molar-refractivity contribution >= 4 is 5.97 Å². The van der Waals surface area contributed by atoms with Gasteiger partial charge >= 0.3 is 5.97 Å². The monoisotopic (exact) mass is 214 g/mol. The lowest BCUT2D eigenvalue weighted by molar-refractivity contribution is -0.873. The SMILES string of the molecule is C[N+](C)(C)CC(CC(=O)O)OC1=CCC1. The predicted molar refractivity (Wildman–Crippen MR) is 57.3 cm³/mol. The molecule has 1 atom stereocenters. The molecule has 0 aromatic heterocycles. The number of nitrogens with zero attached hydrogens (tertiary/aromatic N) is 1. The van der Waals surface area contributed by atoms with Crippen LogP contribution in [0.4, 0.5) is 0 Å². The minimum Gasteiger partial charge on any atom is -0.489 e. The van der Waals surface area contributed by atoms with Crippen molar-refractivity contribution in [3.05, 3.63) is 11.8 Å². The topological polar surface area (TPSA) is 46.5 Å². The number of carboxylic acid groups (broad SMARTS) is 1. The van der Waals surface area contributed by atoms with E-state index < -0.39 is 5.97 Å². The number of aliphatic carboxylic acids is 1. The van der Waals surface area contributed by atoms with Crippen molar-refractivity contribution in [3.63, 3.8) is 0 Å². The number of quaternary nitrogens is 1. The van der Waals surface area contributed by atoms with Crippen LogP contribution < -0.4 is 0 Å². The number of allylic oxidation sites excluding steroid dienone is 2. The van der Waals surface area contributed by atoms with Crippen molar-refractivity contribution in [2.45, 2.75) is 25.4 Å². The Balaban J connectivity index is 2.48. The molecule has 0 aromatic rings. The van der Waals surface area contributed by atoms with Gasteiger partial charge in [0.15, 0.2) is 6.10 Å². The molecule has 86 valence electrons. The Labute approximate surface area is 90.7 Å². The van der Waals surface area contributed by atoms with Gasteiger partial charge in [0.2, 0.25) is 0 Å². The molecule has 0 aromatic carbocycles. The lowest BCUT2D eigenvalue weighted by Crippen LogP contribution is -2.43. The molecule has 0 bridgehead atoms. The van der Waals surface area contributed by atoms with E-state index in [4.69, 9.17) is 9.84 Å². The Morgan fingerprint density at radius 1 is 1.60 bits per heavy atom. The summed E-state index contributed by atoms with van der Waals surface area (Å²) in [6, 6.07) is 0. The third kappa shape index (κ3) is 4.83. The molecule has 1 rings (SSSR count). The van der Waals surface area contributed by atoms with Crippen LogP contribution in [-0.2, 0) is 9.53 Å². The number of hydrogen-bond acceptors (Lipinski definition) is 2. The number of likely N-dealkylation sites (N-methyl/N-ethyl adjacent to an activating group) is 1. The van der Waals surface area contributed by atoms with Gasteiger partial charge in [-0.15, -0.1) is 0 Å². The summed E-state index contributed by atoms with van der Waals surface area (Å²) in [6.07, 6.45) is 3.89. The molecule has 1 aliphatic rings. The van der Waals surface area contributed by atoms with Gasteiger partial charge in [-0.25, -0.2) is 0 Å². The molecule has 0 radical (unpaired) electrons. The fourth-order valence-electron chi connectivity index (χ4n) is 1.53. The first-order valence-electron chi connectivity index (χ1n) is 5.25. The average Bonchev–Trinajstić information content (AvgIpc) is 1.91. The standard InChI is InChI=1S/C11H19NO3/c1-12(2,3)8-10(7-11(13)14)15-9-5-4-6-9/h5,10H,4,6-8H2,1-3H3/p+1. The minimum atomic E-state index is -0.798. The van der Waals surface area contributed by atoms with Gasteiger partial charge in [-0.3, -0.25) is 4.79 Å². The first-order valence-corrected chi connectivity index (χ1v) is 5.25. The minimum absolute atomic E-state index is 0.0762. The Hall–Kier alpha value is -1.03. The second-order valence-electron chi connectivity index (χ2n) is 5.02. The highest BCUT2D eigenvalue weighted by Gasteiger charge is 2.24. The van der Waals surface area contributed by atoms with Gasteiger partial charge in [-0.1, -0.05) is 0 Å². The number of ether oxygens (including phenoxy) is 1. The van der Waals surface area contributed by atoms with E-state index in [1.807, 2.05) is 27.2 Å². The van der Waals surface area contributed by atoms with Gasteiger partial charge in [-0.2, -0.15) is 0 Å². The van der Waals surface area contributed by atoms with E-state index in [1.54, 1.807) is 0 Å². The summed E-state index contributed by atoms with van der Waals surface area (Å²) in [5.74, 6) is 0.156. The zero-order valence-corrected chi connectivity index (χ0v) is 9.69. The summed E-state index contributed by atoms with van der Waals surface area (Å²) in [5.41, 5.74) is 0. The molecule has 1 aliphatic carbocycles. The number of hydrogen-bond donors (Lipinski definition) is 1. The van der Waals surface area contributed by atoms with Crippen molar-refractivity contribution in [2.75, 3.05) is 27.7 Å². The van der Waals surface area contributed by atoms with Crippen LogP contribution in [0.3, 0.4) is 0 Å². The Morgan fingerprint density at radius 3 is 2.53 bits per heavy atom. The Bertz CT molecular complexity index is 265. The van der Waals surface area contributed by atoms with Gasteiger partial charge in [0, 0.05) is 6.42 Å². The molecule has 0 saturated heterocycles. The fourth-order valence-corrected chi connectivity index (χ4v) is 1.53. The quantitative estimate of drug-likeness (QED) is 0.676. The average molecular weight is 214 g/mol. The van der Waals surface area contributed by atoms with Gasteiger partial charge in [-0.05, 0) is 12.5 Å². The van der Waals surface area contributed by atoms with Crippen LogP contribution in [-0.4, -0.2) is 49.4 Å². The third-order valence-electron chi connectivity index (χ3n) is 2.23. The zero-order chi connectivity index (χ0) is 11.5. The second-order valence-corrected chi connectivity index (χ2v) is 5.02. The predicted octanol–water partition coefficient (Wildman–Crippen LogP) is 1.23. The summed E-state index contributed by atoms with van der Waals surface area (Å²) in [4.78, 5) is 10.7. The summed E-state index contributed by atoms with van der Waals surface area (Å²) < 4.78 is 6.35. The van der Waals surface area contributed by atoms with Crippen LogP contribution in [0.25, 0.3) is 0 Å². The summed E-state index contributed by atoms with van der Waals surface area (Å²) in [6.45, 7) is 0.712. The van der Waals surface area contributed by atoms with E-state index in [-0.39, 0.29) is 12.5 Å². The summed E-state index contributed by atoms with van der Waals surface area (Å²) in [7, 11) is 6.11. The molecule has 4 heteroatoms. The summed E-state index contributed by atoms with van der Waals surface area (Å²) >= 11 is 0. The van der Waals surface area contributed by atoms with Crippen molar-refractivity contribution in [3.8, 4) is 0 Å². The van der Waals surface area contributed by atoms with E-state index in [0.717, 1.165) is 18.6 Å². The van der Waals surface area contributed by atoms with Gasteiger partial charge in [0.1, 0.15) is 6.54 Å². The lowest BCUT2D eigenvalue weighted by atomic mass is 10.1. The molecule has 1 unspecified atom stereocenters. The third-order valence-corrected chi connectivity index (χ3v) is 2.23. The van der Waals surface area contributed by atoms with E-state index in [2.05, 4.69) is 0 Å². The van der Waals surface area contributed by atoms with Crippen LogP contribution in [0.1, 0.15) is 19.3 Å². The van der Waals surface area contributed by atoms with Crippen molar-refractivity contribution < 1.29 is 19.1 Å². The van der Waals surface area contributed by atoms with Crippen LogP contribution in [0, 0.1) is 0 Å². The molecular formula is C11H20NO3+. The highest BCUT2D eigenvalue weighted by molar-refractivity contribution is 5.67. The molecule has 0 fully saturated rings. The molecular weight excluding hydrogens is 194 g/mol. The van der Waals surface area contributed by atoms with Crippen LogP contribution >= 0.6 is 0 Å². The van der Waals surface area contributed by atoms with Crippen LogP contribution in [0.2, 0.25) is 0 Å². The molecule has 0 heterocycles. The number of carboxylic acids is 1. The maximum atomic E-state index is 10.7. The molecule has 0 amide bonds. The zero-order valence-electron chi connectivity index (χ0n) is 9.69. The Kier molecular flexibility index (Phi) is 3.74. The normalized spacial score (nSPS) is 17.7. The summed E-state index contributed by atoms with van der Waals surface area (Å²) in [5, 5.41) is 8.78. The first-order chi connectivity index (χ1) is 6.87. The van der Waals surface area contributed by atoms with Gasteiger partial charge < -0.3 is 14.3 Å². The van der Waals surface area contributed by atoms with E-state index >= 15 is 0 Å². The van der Waals surface area contributed by atoms with Gasteiger partial charge in [0.05, 0.1) is 33.3 Å². The largest absolute Gasteiger partial charge is 0.489 e. The van der Waals surface area contributed by atoms with Crippen LogP contribution in [0.15, 0.2) is 11.8 Å². The number of rotatable bonds is 6. The van der Waals surface area contributed by atoms with Gasteiger partial charge in [0.25, 0.3) is 0 Å². The van der Waals surface area contributed by atoms with E-state index in [1.165, 1.54) is 0 Å². The van der Waals surface area contributed by atoms with Crippen LogP contribution in [0.5, 0.6) is 0 Å². The van der Waals surface area contributed by atoms with E-state index in [9.17, 15) is 4.79 Å². The molecule has 1 N–H and O–H groups in total. The first kappa shape index (κ1) is 12.0. The number of carbonyl (C=O) groups is 1. The highest BCUT2D eigenvalue weighted by Crippen LogP contribution is 2.22. The molecule has 4 nitrogen and oxygen atoms in total. The van der Waals surface area contributed by atoms with Crippen molar-refractivity contribution in [1.29, 1.82) is 0 Å². The van der Waals surface area contributed by atoms with Crippen molar-refractivity contribution in [2.24, 2.45) is 0 Å².